The molecule has 2 rings (SSSR count). The topological polar surface area (TPSA) is 108 Å². The van der Waals surface area contributed by atoms with Crippen LogP contribution in [-0.4, -0.2) is 47.5 Å². The Bertz CT molecular complexity index is 497. The van der Waals surface area contributed by atoms with Crippen LogP contribution in [-0.2, 0) is 16.0 Å². The number of benzene rings is 1. The van der Waals surface area contributed by atoms with E-state index in [1.165, 1.54) is 12.1 Å². The van der Waals surface area contributed by atoms with Gasteiger partial charge in [-0.3, -0.25) is 0 Å². The molecule has 4 N–H and O–H groups in total. The number of rotatable bonds is 5. The van der Waals surface area contributed by atoms with Crippen molar-refractivity contribution in [2.45, 2.75) is 24.9 Å². The summed E-state index contributed by atoms with van der Waals surface area (Å²) < 4.78 is 5.13. The molecule has 0 bridgehead atoms. The molecule has 0 aromatic heterocycles. The normalized spacial score (nSPS) is 19.0. The SMILES string of the molecule is O=C(NC1CCOC1)N[C@H](Cc1ccc(O)cc1)C(=O)O. The van der Waals surface area contributed by atoms with Crippen molar-refractivity contribution in [2.75, 3.05) is 13.2 Å². The van der Waals surface area contributed by atoms with Crippen LogP contribution < -0.4 is 10.6 Å². The smallest absolute Gasteiger partial charge is 0.326 e. The van der Waals surface area contributed by atoms with Crippen LogP contribution in [0.2, 0.25) is 0 Å². The molecule has 21 heavy (non-hydrogen) atoms. The highest BCUT2D eigenvalue weighted by Crippen LogP contribution is 2.11. The number of amides is 2. The molecule has 114 valence electrons. The molecule has 1 fully saturated rings. The number of hydrogen-bond donors (Lipinski definition) is 4. The number of urea groups is 1. The number of carboxylic acids is 1. The maximum absolute atomic E-state index is 11.8. The summed E-state index contributed by atoms with van der Waals surface area (Å²) in [4.78, 5) is 23.0. The third kappa shape index (κ3) is 4.64. The van der Waals surface area contributed by atoms with Gasteiger partial charge in [-0.1, -0.05) is 12.1 Å². The second-order valence-corrected chi connectivity index (χ2v) is 4.94. The van der Waals surface area contributed by atoms with Crippen molar-refractivity contribution < 1.29 is 24.5 Å². The number of phenolic OH excluding ortho intramolecular Hbond substituents is 1. The molecule has 7 heteroatoms. The Morgan fingerprint density at radius 2 is 2.05 bits per heavy atom. The Hall–Kier alpha value is -2.28. The summed E-state index contributed by atoms with van der Waals surface area (Å²) in [5.74, 6) is -1.00. The number of hydrogen-bond acceptors (Lipinski definition) is 4. The molecule has 0 aliphatic carbocycles. The molecule has 7 nitrogen and oxygen atoms in total. The lowest BCUT2D eigenvalue weighted by Gasteiger charge is -2.17. The lowest BCUT2D eigenvalue weighted by atomic mass is 10.1. The second-order valence-electron chi connectivity index (χ2n) is 4.94. The van der Waals surface area contributed by atoms with E-state index in [-0.39, 0.29) is 18.2 Å². The van der Waals surface area contributed by atoms with E-state index >= 15 is 0 Å². The highest BCUT2D eigenvalue weighted by Gasteiger charge is 2.23. The van der Waals surface area contributed by atoms with Gasteiger partial charge in [-0.05, 0) is 24.1 Å². The minimum Gasteiger partial charge on any atom is -0.508 e. The van der Waals surface area contributed by atoms with E-state index in [1.807, 2.05) is 0 Å². The zero-order valence-corrected chi connectivity index (χ0v) is 11.4. The fourth-order valence-electron chi connectivity index (χ4n) is 2.10. The van der Waals surface area contributed by atoms with Crippen LogP contribution in [0.25, 0.3) is 0 Å². The number of ether oxygens (including phenoxy) is 1. The van der Waals surface area contributed by atoms with Gasteiger partial charge in [0.25, 0.3) is 0 Å². The molecule has 2 atom stereocenters. The van der Waals surface area contributed by atoms with E-state index in [1.54, 1.807) is 12.1 Å². The number of aliphatic carboxylic acids is 1. The van der Waals surface area contributed by atoms with E-state index in [4.69, 9.17) is 4.74 Å². The molecule has 1 aromatic carbocycles. The number of phenols is 1. The first-order chi connectivity index (χ1) is 10.0. The van der Waals surface area contributed by atoms with E-state index in [0.29, 0.717) is 18.8 Å². The molecular formula is C14H18N2O5. The standard InChI is InChI=1S/C14H18N2O5/c17-11-3-1-9(2-4-11)7-12(13(18)19)16-14(20)15-10-5-6-21-8-10/h1-4,10,12,17H,5-8H2,(H,18,19)(H2,15,16,20)/t10?,12-/m1/s1. The first-order valence-electron chi connectivity index (χ1n) is 6.70. The van der Waals surface area contributed by atoms with Crippen LogP contribution in [0.5, 0.6) is 5.75 Å². The van der Waals surface area contributed by atoms with Gasteiger partial charge in [-0.15, -0.1) is 0 Å². The van der Waals surface area contributed by atoms with Crippen molar-refractivity contribution in [1.82, 2.24) is 10.6 Å². The average molecular weight is 294 g/mol. The molecule has 1 heterocycles. The van der Waals surface area contributed by atoms with Gasteiger partial charge in [0.05, 0.1) is 12.6 Å². The molecule has 1 aromatic rings. The largest absolute Gasteiger partial charge is 0.508 e. The number of carbonyl (C=O) groups is 2. The van der Waals surface area contributed by atoms with Gasteiger partial charge in [0.2, 0.25) is 0 Å². The van der Waals surface area contributed by atoms with Gasteiger partial charge in [0, 0.05) is 13.0 Å². The van der Waals surface area contributed by atoms with Crippen molar-refractivity contribution in [3.05, 3.63) is 29.8 Å². The van der Waals surface area contributed by atoms with Crippen LogP contribution in [0.15, 0.2) is 24.3 Å². The highest BCUT2D eigenvalue weighted by molar-refractivity contribution is 5.82. The fourth-order valence-corrected chi connectivity index (χ4v) is 2.10. The number of nitrogens with one attached hydrogen (secondary N) is 2. The summed E-state index contributed by atoms with van der Waals surface area (Å²) in [6.07, 6.45) is 0.868. The Kier molecular flexibility index (Phi) is 4.99. The lowest BCUT2D eigenvalue weighted by molar-refractivity contribution is -0.139. The van der Waals surface area contributed by atoms with Crippen LogP contribution in [0.3, 0.4) is 0 Å². The molecule has 2 amide bonds. The van der Waals surface area contributed by atoms with Gasteiger partial charge >= 0.3 is 12.0 Å². The number of carbonyl (C=O) groups excluding carboxylic acids is 1. The van der Waals surface area contributed by atoms with E-state index in [0.717, 1.165) is 6.42 Å². The Labute approximate surface area is 121 Å². The molecule has 0 spiro atoms. The van der Waals surface area contributed by atoms with Gasteiger partial charge in [-0.25, -0.2) is 9.59 Å². The van der Waals surface area contributed by atoms with Gasteiger partial charge in [-0.2, -0.15) is 0 Å². The first-order valence-corrected chi connectivity index (χ1v) is 6.70. The second kappa shape index (κ2) is 6.94. The summed E-state index contributed by atoms with van der Waals surface area (Å²) in [5.41, 5.74) is 0.713. The summed E-state index contributed by atoms with van der Waals surface area (Å²) >= 11 is 0. The minimum absolute atomic E-state index is 0.0758. The van der Waals surface area contributed by atoms with Crippen molar-refractivity contribution >= 4 is 12.0 Å². The predicted molar refractivity (Wildman–Crippen MR) is 74.1 cm³/mol. The Morgan fingerprint density at radius 3 is 2.62 bits per heavy atom. The van der Waals surface area contributed by atoms with Crippen LogP contribution >= 0.6 is 0 Å². The molecule has 0 radical (unpaired) electrons. The van der Waals surface area contributed by atoms with Crippen molar-refractivity contribution in [1.29, 1.82) is 0 Å². The van der Waals surface area contributed by atoms with Gasteiger partial charge in [0.1, 0.15) is 11.8 Å². The zero-order chi connectivity index (χ0) is 15.2. The fraction of sp³-hybridized carbons (Fsp3) is 0.429. The average Bonchev–Trinajstić information content (AvgIpc) is 2.93. The third-order valence-electron chi connectivity index (χ3n) is 3.24. The Morgan fingerprint density at radius 1 is 1.33 bits per heavy atom. The van der Waals surface area contributed by atoms with E-state index in [2.05, 4.69) is 10.6 Å². The minimum atomic E-state index is -1.11. The molecular weight excluding hydrogens is 276 g/mol. The maximum atomic E-state index is 11.8. The molecule has 1 saturated heterocycles. The summed E-state index contributed by atoms with van der Waals surface area (Å²) in [6, 6.07) is 4.57. The maximum Gasteiger partial charge on any atom is 0.326 e. The molecule has 1 aliphatic heterocycles. The lowest BCUT2D eigenvalue weighted by Crippen LogP contribution is -2.50. The molecule has 1 unspecified atom stereocenters. The molecule has 1 aliphatic rings. The van der Waals surface area contributed by atoms with Crippen LogP contribution in [0, 0.1) is 0 Å². The zero-order valence-electron chi connectivity index (χ0n) is 11.4. The van der Waals surface area contributed by atoms with Crippen molar-refractivity contribution in [2.24, 2.45) is 0 Å². The third-order valence-corrected chi connectivity index (χ3v) is 3.24. The first kappa shape index (κ1) is 15.1. The monoisotopic (exact) mass is 294 g/mol. The van der Waals surface area contributed by atoms with E-state index < -0.39 is 18.0 Å². The number of carboxylic acid groups (broad SMARTS) is 1. The summed E-state index contributed by atoms with van der Waals surface area (Å²) in [5, 5.41) is 23.5. The van der Waals surface area contributed by atoms with Crippen LogP contribution in [0.4, 0.5) is 4.79 Å². The van der Waals surface area contributed by atoms with Crippen LogP contribution in [0.1, 0.15) is 12.0 Å². The van der Waals surface area contributed by atoms with Gasteiger partial charge < -0.3 is 25.6 Å². The summed E-state index contributed by atoms with van der Waals surface area (Å²) in [6.45, 7) is 1.05. The number of aromatic hydroxyl groups is 1. The Balaban J connectivity index is 1.90. The highest BCUT2D eigenvalue weighted by atomic mass is 16.5. The summed E-state index contributed by atoms with van der Waals surface area (Å²) in [7, 11) is 0. The molecule has 0 saturated carbocycles. The van der Waals surface area contributed by atoms with E-state index in [9.17, 15) is 19.8 Å². The van der Waals surface area contributed by atoms with Gasteiger partial charge in [0.15, 0.2) is 0 Å². The van der Waals surface area contributed by atoms with Crippen molar-refractivity contribution in [3.63, 3.8) is 0 Å². The van der Waals surface area contributed by atoms with Crippen molar-refractivity contribution in [3.8, 4) is 5.75 Å². The quantitative estimate of drug-likeness (QED) is 0.631. The predicted octanol–water partition coefficient (Wildman–Crippen LogP) is 0.476.